The van der Waals surface area contributed by atoms with Crippen LogP contribution in [0.15, 0.2) is 0 Å². The van der Waals surface area contributed by atoms with Gasteiger partial charge < -0.3 is 4.74 Å². The summed E-state index contributed by atoms with van der Waals surface area (Å²) in [4.78, 5) is 10.6. The molecule has 0 spiro atoms. The highest BCUT2D eigenvalue weighted by Crippen LogP contribution is 2.30. The van der Waals surface area contributed by atoms with Gasteiger partial charge in [0.25, 0.3) is 0 Å². The molecule has 0 atom stereocenters. The van der Waals surface area contributed by atoms with Gasteiger partial charge in [-0.15, -0.1) is 23.2 Å². The van der Waals surface area contributed by atoms with Crippen LogP contribution in [-0.4, -0.2) is 17.4 Å². The molecule has 0 heterocycles. The maximum atomic E-state index is 10.6. The van der Waals surface area contributed by atoms with E-state index in [1.54, 1.807) is 0 Å². The van der Waals surface area contributed by atoms with E-state index in [-0.39, 0.29) is 12.4 Å². The molecule has 0 saturated carbocycles. The number of hydrogen-bond acceptors (Lipinski definition) is 2. The van der Waals surface area contributed by atoms with Gasteiger partial charge >= 0.3 is 5.97 Å². The van der Waals surface area contributed by atoms with E-state index in [0.29, 0.717) is 12.8 Å². The summed E-state index contributed by atoms with van der Waals surface area (Å²) in [5.74, 6) is -0.274. The van der Waals surface area contributed by atoms with Crippen molar-refractivity contribution in [2.24, 2.45) is 0 Å². The van der Waals surface area contributed by atoms with E-state index in [9.17, 15) is 4.79 Å². The molecule has 0 aliphatic heterocycles. The highest BCUT2D eigenvalue weighted by molar-refractivity contribution is 6.48. The summed E-state index contributed by atoms with van der Waals surface area (Å²) >= 11 is 11.6. The fourth-order valence-electron chi connectivity index (χ4n) is 0.564. The predicted octanol–water partition coefficient (Wildman–Crippen LogP) is 2.52. The summed E-state index contributed by atoms with van der Waals surface area (Å²) in [6, 6.07) is 0. The molecule has 0 N–H and O–H groups in total. The zero-order valence-corrected chi connectivity index (χ0v) is 8.21. The van der Waals surface area contributed by atoms with E-state index in [0.717, 1.165) is 0 Å². The molecule has 2 nitrogen and oxygen atoms in total. The third kappa shape index (κ3) is 5.33. The van der Waals surface area contributed by atoms with E-state index in [4.69, 9.17) is 23.2 Å². The Hall–Kier alpha value is 0.0500. The lowest BCUT2D eigenvalue weighted by atomic mass is 10.2. The van der Waals surface area contributed by atoms with Gasteiger partial charge in [0.05, 0.1) is 7.11 Å². The smallest absolute Gasteiger partial charge is 0.305 e. The SMILES string of the molecule is CCC(Cl)(Cl)CCC(=O)OC. The number of esters is 1. The van der Waals surface area contributed by atoms with Crippen LogP contribution in [0.1, 0.15) is 26.2 Å². The van der Waals surface area contributed by atoms with Gasteiger partial charge in [-0.2, -0.15) is 0 Å². The molecule has 0 amide bonds. The van der Waals surface area contributed by atoms with E-state index in [1.165, 1.54) is 7.11 Å². The Kier molecular flexibility index (Phi) is 4.86. The van der Waals surface area contributed by atoms with Crippen molar-refractivity contribution in [2.45, 2.75) is 30.5 Å². The van der Waals surface area contributed by atoms with E-state index >= 15 is 0 Å². The van der Waals surface area contributed by atoms with Gasteiger partial charge in [0.1, 0.15) is 4.33 Å². The summed E-state index contributed by atoms with van der Waals surface area (Å²) in [5.41, 5.74) is 0. The van der Waals surface area contributed by atoms with Crippen LogP contribution in [0.5, 0.6) is 0 Å². The van der Waals surface area contributed by atoms with E-state index in [1.807, 2.05) is 6.92 Å². The number of hydrogen-bond donors (Lipinski definition) is 0. The monoisotopic (exact) mass is 198 g/mol. The van der Waals surface area contributed by atoms with Crippen LogP contribution in [0, 0.1) is 0 Å². The summed E-state index contributed by atoms with van der Waals surface area (Å²) in [5, 5.41) is 0. The first-order valence-corrected chi connectivity index (χ1v) is 4.22. The van der Waals surface area contributed by atoms with Crippen molar-refractivity contribution < 1.29 is 9.53 Å². The maximum Gasteiger partial charge on any atom is 0.305 e. The summed E-state index contributed by atoms with van der Waals surface area (Å²) in [6.45, 7) is 1.87. The number of rotatable bonds is 4. The lowest BCUT2D eigenvalue weighted by molar-refractivity contribution is -0.140. The molecule has 0 fully saturated rings. The molecule has 4 heteroatoms. The van der Waals surface area contributed by atoms with Gasteiger partial charge in [0.2, 0.25) is 0 Å². The molecule has 0 radical (unpaired) electrons. The van der Waals surface area contributed by atoms with Gasteiger partial charge in [-0.1, -0.05) is 6.92 Å². The Balaban J connectivity index is 3.61. The first-order valence-electron chi connectivity index (χ1n) is 3.46. The minimum absolute atomic E-state index is 0.274. The fourth-order valence-corrected chi connectivity index (χ4v) is 0.753. The van der Waals surface area contributed by atoms with Crippen LogP contribution in [-0.2, 0) is 9.53 Å². The Morgan fingerprint density at radius 2 is 2.09 bits per heavy atom. The number of alkyl halides is 2. The molecule has 66 valence electrons. The lowest BCUT2D eigenvalue weighted by Gasteiger charge is -2.15. The number of methoxy groups -OCH3 is 1. The number of carbonyl (C=O) groups is 1. The van der Waals surface area contributed by atoms with Crippen LogP contribution < -0.4 is 0 Å². The standard InChI is InChI=1S/C7H12Cl2O2/c1-3-7(8,9)5-4-6(10)11-2/h3-5H2,1-2H3. The largest absolute Gasteiger partial charge is 0.469 e. The van der Waals surface area contributed by atoms with Crippen LogP contribution >= 0.6 is 23.2 Å². The van der Waals surface area contributed by atoms with Crippen molar-refractivity contribution in [3.8, 4) is 0 Å². The van der Waals surface area contributed by atoms with Crippen LogP contribution in [0.4, 0.5) is 0 Å². The van der Waals surface area contributed by atoms with Gasteiger partial charge in [0, 0.05) is 6.42 Å². The zero-order valence-electron chi connectivity index (χ0n) is 6.69. The molecule has 0 aliphatic rings. The van der Waals surface area contributed by atoms with Crippen molar-refractivity contribution in [3.63, 3.8) is 0 Å². The first-order chi connectivity index (χ1) is 5.02. The van der Waals surface area contributed by atoms with Crippen molar-refractivity contribution in [1.29, 1.82) is 0 Å². The molecule has 0 bridgehead atoms. The van der Waals surface area contributed by atoms with E-state index in [2.05, 4.69) is 4.74 Å². The quantitative estimate of drug-likeness (QED) is 0.513. The Bertz CT molecular complexity index is 134. The van der Waals surface area contributed by atoms with Gasteiger partial charge in [0.15, 0.2) is 0 Å². The molecule has 0 saturated heterocycles. The topological polar surface area (TPSA) is 26.3 Å². The maximum absolute atomic E-state index is 10.6. The molecule has 0 rings (SSSR count). The fraction of sp³-hybridized carbons (Fsp3) is 0.857. The average molecular weight is 199 g/mol. The molecule has 0 aromatic rings. The molecule has 0 aromatic heterocycles. The summed E-state index contributed by atoms with van der Waals surface area (Å²) in [6.07, 6.45) is 1.35. The van der Waals surface area contributed by atoms with Gasteiger partial charge in [-0.25, -0.2) is 0 Å². The minimum Gasteiger partial charge on any atom is -0.469 e. The third-order valence-electron chi connectivity index (χ3n) is 1.44. The van der Waals surface area contributed by atoms with Crippen LogP contribution in [0.2, 0.25) is 0 Å². The second-order valence-corrected chi connectivity index (χ2v) is 3.93. The van der Waals surface area contributed by atoms with Crippen molar-refractivity contribution in [1.82, 2.24) is 0 Å². The zero-order chi connectivity index (χ0) is 8.91. The lowest BCUT2D eigenvalue weighted by Crippen LogP contribution is -2.13. The van der Waals surface area contributed by atoms with Crippen molar-refractivity contribution >= 4 is 29.2 Å². The number of carbonyl (C=O) groups excluding carboxylic acids is 1. The molecule has 0 unspecified atom stereocenters. The second kappa shape index (κ2) is 4.83. The van der Waals surface area contributed by atoms with Crippen LogP contribution in [0.3, 0.4) is 0 Å². The Morgan fingerprint density at radius 1 is 1.55 bits per heavy atom. The molecular weight excluding hydrogens is 187 g/mol. The highest BCUT2D eigenvalue weighted by atomic mass is 35.5. The molecule has 0 aromatic carbocycles. The van der Waals surface area contributed by atoms with Crippen LogP contribution in [0.25, 0.3) is 0 Å². The average Bonchev–Trinajstić information content (AvgIpc) is 2.00. The summed E-state index contributed by atoms with van der Waals surface area (Å²) < 4.78 is 3.65. The van der Waals surface area contributed by atoms with Gasteiger partial charge in [-0.3, -0.25) is 4.79 Å². The number of ether oxygens (including phenoxy) is 1. The Labute approximate surface area is 76.8 Å². The second-order valence-electron chi connectivity index (χ2n) is 2.29. The first kappa shape index (κ1) is 11.1. The van der Waals surface area contributed by atoms with Gasteiger partial charge in [-0.05, 0) is 12.8 Å². The Morgan fingerprint density at radius 3 is 2.45 bits per heavy atom. The molecule has 11 heavy (non-hydrogen) atoms. The highest BCUT2D eigenvalue weighted by Gasteiger charge is 2.22. The predicted molar refractivity (Wildman–Crippen MR) is 46.0 cm³/mol. The van der Waals surface area contributed by atoms with Crippen molar-refractivity contribution in [3.05, 3.63) is 0 Å². The molecular formula is C7H12Cl2O2. The van der Waals surface area contributed by atoms with E-state index < -0.39 is 4.33 Å². The number of halogens is 2. The van der Waals surface area contributed by atoms with Crippen molar-refractivity contribution in [2.75, 3.05) is 7.11 Å². The minimum atomic E-state index is -0.784. The summed E-state index contributed by atoms with van der Waals surface area (Å²) in [7, 11) is 1.35. The molecule has 0 aliphatic carbocycles. The third-order valence-corrected chi connectivity index (χ3v) is 2.35. The normalized spacial score (nSPS) is 11.3.